The molecular formula is C14H21N3O3. The average Bonchev–Trinajstić information content (AvgIpc) is 2.43. The molecule has 0 fully saturated rings. The van der Waals surface area contributed by atoms with Crippen LogP contribution in [0.2, 0.25) is 0 Å². The van der Waals surface area contributed by atoms with Crippen LogP contribution in [0.3, 0.4) is 0 Å². The number of carbonyl (C=O) groups excluding carboxylic acids is 1. The van der Waals surface area contributed by atoms with Crippen LogP contribution in [0.25, 0.3) is 0 Å². The van der Waals surface area contributed by atoms with Gasteiger partial charge in [0.1, 0.15) is 0 Å². The maximum absolute atomic E-state index is 11.9. The van der Waals surface area contributed by atoms with Gasteiger partial charge in [0.05, 0.1) is 25.0 Å². The molecule has 0 aliphatic rings. The highest BCUT2D eigenvalue weighted by Gasteiger charge is 2.04. The number of hydrogen-bond donors (Lipinski definition) is 0. The highest BCUT2D eigenvalue weighted by atomic mass is 16.5. The molecule has 0 N–H and O–H groups in total. The minimum atomic E-state index is -0.416. The summed E-state index contributed by atoms with van der Waals surface area (Å²) < 4.78 is 6.04. The van der Waals surface area contributed by atoms with Crippen LogP contribution < -0.4 is 10.5 Å². The summed E-state index contributed by atoms with van der Waals surface area (Å²) in [4.78, 5) is 25.1. The van der Waals surface area contributed by atoms with E-state index in [2.05, 4.69) is 5.10 Å². The summed E-state index contributed by atoms with van der Waals surface area (Å²) in [6, 6.07) is 1.55. The zero-order chi connectivity index (χ0) is 15.0. The second-order valence-corrected chi connectivity index (χ2v) is 4.06. The summed E-state index contributed by atoms with van der Waals surface area (Å²) in [6.45, 7) is 8.02. The molecule has 0 spiro atoms. The Morgan fingerprint density at radius 2 is 2.10 bits per heavy atom. The van der Waals surface area contributed by atoms with E-state index < -0.39 is 5.97 Å². The zero-order valence-electron chi connectivity index (χ0n) is 12.2. The molecule has 1 aromatic heterocycles. The minimum Gasteiger partial charge on any atom is -0.463 e. The molecule has 0 saturated heterocycles. The second-order valence-electron chi connectivity index (χ2n) is 4.06. The van der Waals surface area contributed by atoms with E-state index in [9.17, 15) is 9.59 Å². The molecule has 0 aliphatic heterocycles. The molecule has 1 rings (SSSR count). The number of carbonyl (C=O) groups is 1. The predicted molar refractivity (Wildman–Crippen MR) is 77.8 cm³/mol. The number of aromatic nitrogens is 2. The summed E-state index contributed by atoms with van der Waals surface area (Å²) in [5.41, 5.74) is 0.619. The first-order valence-corrected chi connectivity index (χ1v) is 6.77. The van der Waals surface area contributed by atoms with E-state index in [1.807, 2.05) is 18.7 Å². The first kappa shape index (κ1) is 15.9. The summed E-state index contributed by atoms with van der Waals surface area (Å²) >= 11 is 0. The van der Waals surface area contributed by atoms with E-state index >= 15 is 0 Å². The Bertz CT molecular complexity index is 519. The van der Waals surface area contributed by atoms with Gasteiger partial charge in [0.25, 0.3) is 5.56 Å². The van der Waals surface area contributed by atoms with Crippen molar-refractivity contribution in [1.29, 1.82) is 0 Å². The molecule has 20 heavy (non-hydrogen) atoms. The molecule has 1 heterocycles. The third-order valence-electron chi connectivity index (χ3n) is 2.80. The predicted octanol–water partition coefficient (Wildman–Crippen LogP) is 1.21. The molecule has 6 heteroatoms. The van der Waals surface area contributed by atoms with Gasteiger partial charge in [-0.2, -0.15) is 5.10 Å². The van der Waals surface area contributed by atoms with Gasteiger partial charge >= 0.3 is 5.97 Å². The van der Waals surface area contributed by atoms with Crippen LogP contribution in [0.1, 0.15) is 20.8 Å². The Kier molecular flexibility index (Phi) is 6.49. The first-order chi connectivity index (χ1) is 9.62. The van der Waals surface area contributed by atoms with Gasteiger partial charge < -0.3 is 9.64 Å². The second kappa shape index (κ2) is 8.14. The van der Waals surface area contributed by atoms with Crippen LogP contribution in [0, 0.1) is 0 Å². The van der Waals surface area contributed by atoms with Gasteiger partial charge in [0, 0.05) is 25.2 Å². The molecule has 0 saturated carbocycles. The number of ether oxygens (including phenoxy) is 1. The number of hydrogen-bond acceptors (Lipinski definition) is 5. The molecule has 0 aromatic carbocycles. The van der Waals surface area contributed by atoms with Crippen LogP contribution in [0.5, 0.6) is 0 Å². The third-order valence-corrected chi connectivity index (χ3v) is 2.80. The average molecular weight is 279 g/mol. The topological polar surface area (TPSA) is 64.4 Å². The lowest BCUT2D eigenvalue weighted by Gasteiger charge is -2.20. The quantitative estimate of drug-likeness (QED) is 0.554. The molecule has 0 bridgehead atoms. The lowest BCUT2D eigenvalue weighted by Crippen LogP contribution is -2.27. The molecule has 0 unspecified atom stereocenters. The fourth-order valence-corrected chi connectivity index (χ4v) is 1.76. The maximum atomic E-state index is 11.9. The van der Waals surface area contributed by atoms with E-state index in [1.165, 1.54) is 10.8 Å². The van der Waals surface area contributed by atoms with Crippen molar-refractivity contribution in [1.82, 2.24) is 9.78 Å². The summed E-state index contributed by atoms with van der Waals surface area (Å²) in [5.74, 6) is -0.416. The lowest BCUT2D eigenvalue weighted by molar-refractivity contribution is -0.137. The van der Waals surface area contributed by atoms with E-state index in [0.717, 1.165) is 18.8 Å². The van der Waals surface area contributed by atoms with Gasteiger partial charge in [-0.05, 0) is 20.8 Å². The standard InChI is InChI=1S/C14H21N3O3/c1-4-16(5-2)12-10-13(18)17(15-11-12)9-7-8-14(19)20-6-3/h7-8,10-11H,4-6,9H2,1-3H3/b8-7+. The van der Waals surface area contributed by atoms with Gasteiger partial charge in [-0.15, -0.1) is 0 Å². The molecular weight excluding hydrogens is 258 g/mol. The van der Waals surface area contributed by atoms with Crippen molar-refractivity contribution in [2.75, 3.05) is 24.6 Å². The van der Waals surface area contributed by atoms with Crippen molar-refractivity contribution in [2.24, 2.45) is 0 Å². The van der Waals surface area contributed by atoms with Gasteiger partial charge in [-0.3, -0.25) is 4.79 Å². The number of rotatable bonds is 7. The van der Waals surface area contributed by atoms with Crippen LogP contribution in [-0.4, -0.2) is 35.4 Å². The lowest BCUT2D eigenvalue weighted by atomic mass is 10.4. The number of esters is 1. The third kappa shape index (κ3) is 4.53. The molecule has 0 amide bonds. The van der Waals surface area contributed by atoms with E-state index in [0.29, 0.717) is 6.61 Å². The van der Waals surface area contributed by atoms with Crippen molar-refractivity contribution in [3.8, 4) is 0 Å². The Labute approximate surface area is 118 Å². The van der Waals surface area contributed by atoms with Gasteiger partial charge in [-0.1, -0.05) is 6.08 Å². The molecule has 6 nitrogen and oxygen atoms in total. The monoisotopic (exact) mass is 279 g/mol. The number of anilines is 1. The summed E-state index contributed by atoms with van der Waals surface area (Å²) in [6.07, 6.45) is 4.52. The highest BCUT2D eigenvalue weighted by molar-refractivity contribution is 5.81. The fourth-order valence-electron chi connectivity index (χ4n) is 1.76. The van der Waals surface area contributed by atoms with Crippen molar-refractivity contribution in [3.63, 3.8) is 0 Å². The summed E-state index contributed by atoms with van der Waals surface area (Å²) in [5, 5.41) is 4.10. The van der Waals surface area contributed by atoms with Gasteiger partial charge in [0.2, 0.25) is 0 Å². The van der Waals surface area contributed by atoms with Crippen molar-refractivity contribution in [3.05, 3.63) is 34.8 Å². The minimum absolute atomic E-state index is 0.192. The molecule has 0 radical (unpaired) electrons. The number of nitrogens with zero attached hydrogens (tertiary/aromatic N) is 3. The van der Waals surface area contributed by atoms with Crippen molar-refractivity contribution in [2.45, 2.75) is 27.3 Å². The first-order valence-electron chi connectivity index (χ1n) is 6.77. The Balaban J connectivity index is 2.74. The Morgan fingerprint density at radius 1 is 1.40 bits per heavy atom. The van der Waals surface area contributed by atoms with Crippen LogP contribution in [0.15, 0.2) is 29.2 Å². The molecule has 0 atom stereocenters. The Hall–Kier alpha value is -2.11. The van der Waals surface area contributed by atoms with E-state index in [4.69, 9.17) is 4.74 Å². The SMILES string of the molecule is CCOC(=O)/C=C/Cn1ncc(N(CC)CC)cc1=O. The Morgan fingerprint density at radius 3 is 2.65 bits per heavy atom. The van der Waals surface area contributed by atoms with E-state index in [-0.39, 0.29) is 12.1 Å². The number of allylic oxidation sites excluding steroid dienone is 1. The van der Waals surface area contributed by atoms with Crippen molar-refractivity contribution < 1.29 is 9.53 Å². The van der Waals surface area contributed by atoms with Crippen molar-refractivity contribution >= 4 is 11.7 Å². The molecule has 110 valence electrons. The summed E-state index contributed by atoms with van der Waals surface area (Å²) in [7, 11) is 0. The zero-order valence-corrected chi connectivity index (χ0v) is 12.2. The molecule has 0 aliphatic carbocycles. The smallest absolute Gasteiger partial charge is 0.330 e. The largest absolute Gasteiger partial charge is 0.463 e. The van der Waals surface area contributed by atoms with E-state index in [1.54, 1.807) is 25.3 Å². The van der Waals surface area contributed by atoms with Crippen LogP contribution in [-0.2, 0) is 16.1 Å². The highest BCUT2D eigenvalue weighted by Crippen LogP contribution is 2.07. The maximum Gasteiger partial charge on any atom is 0.330 e. The normalized spacial score (nSPS) is 10.8. The van der Waals surface area contributed by atoms with Crippen LogP contribution in [0.4, 0.5) is 5.69 Å². The van der Waals surface area contributed by atoms with Crippen LogP contribution >= 0.6 is 0 Å². The fraction of sp³-hybridized carbons (Fsp3) is 0.500. The molecule has 1 aromatic rings. The van der Waals surface area contributed by atoms with Gasteiger partial charge in [-0.25, -0.2) is 9.48 Å². The van der Waals surface area contributed by atoms with Gasteiger partial charge in [0.15, 0.2) is 0 Å².